The molecule has 4 N–H and O–H groups in total. The fourth-order valence-corrected chi connectivity index (χ4v) is 1.75. The van der Waals surface area contributed by atoms with E-state index < -0.39 is 6.03 Å². The van der Waals surface area contributed by atoms with Gasteiger partial charge in [0.2, 0.25) is 5.91 Å². The lowest BCUT2D eigenvalue weighted by Crippen LogP contribution is -2.50. The van der Waals surface area contributed by atoms with Gasteiger partial charge in [-0.05, 0) is 0 Å². The van der Waals surface area contributed by atoms with Crippen molar-refractivity contribution in [3.63, 3.8) is 0 Å². The van der Waals surface area contributed by atoms with Crippen LogP contribution in [0, 0.1) is 0 Å². The second kappa shape index (κ2) is 8.81. The maximum absolute atomic E-state index is 11.6. The van der Waals surface area contributed by atoms with Gasteiger partial charge in [-0.15, -0.1) is 0 Å². The van der Waals surface area contributed by atoms with Crippen LogP contribution in [0.2, 0.25) is 0 Å². The number of morpholine rings is 1. The van der Waals surface area contributed by atoms with Crippen molar-refractivity contribution >= 4 is 11.9 Å². The molecule has 8 nitrogen and oxygen atoms in total. The van der Waals surface area contributed by atoms with Crippen LogP contribution in [0.3, 0.4) is 0 Å². The van der Waals surface area contributed by atoms with Crippen molar-refractivity contribution < 1.29 is 19.1 Å². The molecule has 110 valence electrons. The molecular formula is C11H22N4O4. The van der Waals surface area contributed by atoms with Gasteiger partial charge >= 0.3 is 6.03 Å². The van der Waals surface area contributed by atoms with Gasteiger partial charge in [-0.3, -0.25) is 15.0 Å². The van der Waals surface area contributed by atoms with Crippen molar-refractivity contribution in [3.8, 4) is 0 Å². The average Bonchev–Trinajstić information content (AvgIpc) is 2.39. The molecule has 0 aromatic rings. The highest BCUT2D eigenvalue weighted by molar-refractivity contribution is 5.95. The number of hydrogen-bond donors (Lipinski definition) is 3. The molecule has 1 heterocycles. The largest absolute Gasteiger partial charge is 0.383 e. The Morgan fingerprint density at radius 3 is 3.00 bits per heavy atom. The standard InChI is InChI=1S/C11H22N4O4/c1-18-4-2-13-11(17)14-10(16)8-15-3-5-19-9(6-12)7-15/h9H,2-8,12H2,1H3,(H2,13,14,16,17). The first-order valence-electron chi connectivity index (χ1n) is 6.26. The first-order chi connectivity index (χ1) is 9.15. The summed E-state index contributed by atoms with van der Waals surface area (Å²) < 4.78 is 10.2. The van der Waals surface area contributed by atoms with E-state index in [1.54, 1.807) is 0 Å². The molecular weight excluding hydrogens is 252 g/mol. The minimum Gasteiger partial charge on any atom is -0.383 e. The highest BCUT2D eigenvalue weighted by Crippen LogP contribution is 2.03. The number of carbonyl (C=O) groups excluding carboxylic acids is 2. The number of nitrogens with zero attached hydrogens (tertiary/aromatic N) is 1. The highest BCUT2D eigenvalue weighted by atomic mass is 16.5. The predicted octanol–water partition coefficient (Wildman–Crippen LogP) is -1.88. The third-order valence-corrected chi connectivity index (χ3v) is 2.70. The van der Waals surface area contributed by atoms with E-state index >= 15 is 0 Å². The summed E-state index contributed by atoms with van der Waals surface area (Å²) in [5, 5.41) is 4.77. The number of nitrogens with one attached hydrogen (secondary N) is 2. The van der Waals surface area contributed by atoms with Crippen LogP contribution in [0.1, 0.15) is 0 Å². The normalized spacial score (nSPS) is 20.0. The van der Waals surface area contributed by atoms with Crippen LogP contribution in [-0.2, 0) is 14.3 Å². The predicted molar refractivity (Wildman–Crippen MR) is 68.7 cm³/mol. The van der Waals surface area contributed by atoms with Crippen molar-refractivity contribution in [2.75, 3.05) is 53.0 Å². The average molecular weight is 274 g/mol. The van der Waals surface area contributed by atoms with Crippen LogP contribution < -0.4 is 16.4 Å². The minimum absolute atomic E-state index is 0.0444. The molecule has 1 aliphatic rings. The molecule has 0 radical (unpaired) electrons. The van der Waals surface area contributed by atoms with E-state index in [0.717, 1.165) is 0 Å². The molecule has 1 unspecified atom stereocenters. The molecule has 0 spiro atoms. The van der Waals surface area contributed by atoms with Crippen molar-refractivity contribution in [2.45, 2.75) is 6.10 Å². The van der Waals surface area contributed by atoms with Gasteiger partial charge in [0, 0.05) is 33.3 Å². The SMILES string of the molecule is COCCNC(=O)NC(=O)CN1CCOC(CN)C1. The third-order valence-electron chi connectivity index (χ3n) is 2.70. The van der Waals surface area contributed by atoms with Crippen LogP contribution in [0.25, 0.3) is 0 Å². The molecule has 8 heteroatoms. The minimum atomic E-state index is -0.509. The smallest absolute Gasteiger partial charge is 0.321 e. The lowest BCUT2D eigenvalue weighted by molar-refractivity contribution is -0.123. The molecule has 0 aromatic carbocycles. The van der Waals surface area contributed by atoms with Crippen molar-refractivity contribution in [1.29, 1.82) is 0 Å². The second-order valence-corrected chi connectivity index (χ2v) is 4.26. The summed E-state index contributed by atoms with van der Waals surface area (Å²) in [4.78, 5) is 24.9. The Morgan fingerprint density at radius 2 is 2.32 bits per heavy atom. The quantitative estimate of drug-likeness (QED) is 0.489. The molecule has 0 saturated carbocycles. The first kappa shape index (κ1) is 15.8. The van der Waals surface area contributed by atoms with Gasteiger partial charge < -0.3 is 20.5 Å². The molecule has 1 aliphatic heterocycles. The van der Waals surface area contributed by atoms with Gasteiger partial charge in [-0.1, -0.05) is 0 Å². The monoisotopic (exact) mass is 274 g/mol. The Morgan fingerprint density at radius 1 is 1.53 bits per heavy atom. The van der Waals surface area contributed by atoms with Crippen molar-refractivity contribution in [1.82, 2.24) is 15.5 Å². The summed E-state index contributed by atoms with van der Waals surface area (Å²) in [6.45, 7) is 3.18. The van der Waals surface area contributed by atoms with Crippen molar-refractivity contribution in [2.24, 2.45) is 5.73 Å². The molecule has 1 rings (SSSR count). The fourth-order valence-electron chi connectivity index (χ4n) is 1.75. The number of ether oxygens (including phenoxy) is 2. The number of nitrogens with two attached hydrogens (primary N) is 1. The fraction of sp³-hybridized carbons (Fsp3) is 0.818. The van der Waals surface area contributed by atoms with Gasteiger partial charge in [0.1, 0.15) is 0 Å². The van der Waals surface area contributed by atoms with Crippen LogP contribution in [0.5, 0.6) is 0 Å². The van der Waals surface area contributed by atoms with Gasteiger partial charge in [0.15, 0.2) is 0 Å². The topological polar surface area (TPSA) is 106 Å². The number of imide groups is 1. The Kier molecular flexibility index (Phi) is 7.34. The van der Waals surface area contributed by atoms with E-state index in [2.05, 4.69) is 10.6 Å². The van der Waals surface area contributed by atoms with Gasteiger partial charge in [0.25, 0.3) is 0 Å². The first-order valence-corrected chi connectivity index (χ1v) is 6.26. The summed E-state index contributed by atoms with van der Waals surface area (Å²) in [6.07, 6.45) is -0.0444. The summed E-state index contributed by atoms with van der Waals surface area (Å²) in [7, 11) is 1.54. The number of urea groups is 1. The van der Waals surface area contributed by atoms with Crippen molar-refractivity contribution in [3.05, 3.63) is 0 Å². The summed E-state index contributed by atoms with van der Waals surface area (Å²) in [6, 6.07) is -0.509. The second-order valence-electron chi connectivity index (χ2n) is 4.26. The van der Waals surface area contributed by atoms with E-state index in [1.165, 1.54) is 7.11 Å². The van der Waals surface area contributed by atoms with E-state index in [9.17, 15) is 9.59 Å². The number of hydrogen-bond acceptors (Lipinski definition) is 6. The number of amides is 3. The Balaban J connectivity index is 2.21. The Labute approximate surface area is 112 Å². The molecule has 3 amide bonds. The van der Waals surface area contributed by atoms with Gasteiger partial charge in [0.05, 0.1) is 25.9 Å². The Hall–Kier alpha value is -1.22. The molecule has 1 fully saturated rings. The molecule has 0 aliphatic carbocycles. The number of methoxy groups -OCH3 is 1. The van der Waals surface area contributed by atoms with E-state index in [4.69, 9.17) is 15.2 Å². The van der Waals surface area contributed by atoms with Gasteiger partial charge in [-0.25, -0.2) is 4.79 Å². The van der Waals surface area contributed by atoms with Gasteiger partial charge in [-0.2, -0.15) is 0 Å². The Bertz CT molecular complexity index is 300. The zero-order chi connectivity index (χ0) is 14.1. The van der Waals surface area contributed by atoms with E-state index in [0.29, 0.717) is 39.4 Å². The summed E-state index contributed by atoms with van der Waals surface area (Å²) in [5.74, 6) is -0.340. The maximum Gasteiger partial charge on any atom is 0.321 e. The molecule has 1 saturated heterocycles. The lowest BCUT2D eigenvalue weighted by Gasteiger charge is -2.31. The van der Waals surface area contributed by atoms with Crippen LogP contribution in [-0.4, -0.2) is 76.0 Å². The third kappa shape index (κ3) is 6.48. The molecule has 19 heavy (non-hydrogen) atoms. The van der Waals surface area contributed by atoms with E-state index in [1.807, 2.05) is 4.90 Å². The number of rotatable bonds is 6. The highest BCUT2D eigenvalue weighted by Gasteiger charge is 2.21. The molecule has 1 atom stereocenters. The van der Waals surface area contributed by atoms with Crippen LogP contribution in [0.4, 0.5) is 4.79 Å². The van der Waals surface area contributed by atoms with Crippen LogP contribution >= 0.6 is 0 Å². The molecule has 0 bridgehead atoms. The maximum atomic E-state index is 11.6. The van der Waals surface area contributed by atoms with E-state index in [-0.39, 0.29) is 18.6 Å². The van der Waals surface area contributed by atoms with Crippen LogP contribution in [0.15, 0.2) is 0 Å². The molecule has 0 aromatic heterocycles. The lowest BCUT2D eigenvalue weighted by atomic mass is 10.2. The zero-order valence-electron chi connectivity index (χ0n) is 11.2. The zero-order valence-corrected chi connectivity index (χ0v) is 11.2. The number of carbonyl (C=O) groups is 2. The summed E-state index contributed by atoms with van der Waals surface area (Å²) >= 11 is 0. The summed E-state index contributed by atoms with van der Waals surface area (Å²) in [5.41, 5.74) is 5.52.